The number of pyridine rings is 1. The summed E-state index contributed by atoms with van der Waals surface area (Å²) in [6.07, 6.45) is 3.51. The molecule has 9 heteroatoms. The third kappa shape index (κ3) is 3.45. The minimum absolute atomic E-state index is 0. The molecule has 1 aliphatic heterocycles. The topological polar surface area (TPSA) is 83.0 Å². The molecule has 2 N–H and O–H groups in total. The molecule has 0 bridgehead atoms. The number of fused-ring (bicyclic) bond motifs is 1. The number of piperazine rings is 1. The van der Waals surface area contributed by atoms with Crippen molar-refractivity contribution in [2.45, 2.75) is 6.04 Å². The number of halogens is 2. The Morgan fingerprint density at radius 1 is 1.33 bits per heavy atom. The Hall–Kier alpha value is -2.71. The fourth-order valence-corrected chi connectivity index (χ4v) is 3.43. The van der Waals surface area contributed by atoms with Gasteiger partial charge in [-0.05, 0) is 18.2 Å². The van der Waals surface area contributed by atoms with E-state index in [-0.39, 0.29) is 29.9 Å². The molecule has 0 saturated carbocycles. The third-order valence-corrected chi connectivity index (χ3v) is 4.70. The molecule has 1 unspecified atom stereocenters. The van der Waals surface area contributed by atoms with E-state index in [4.69, 9.17) is 0 Å². The highest BCUT2D eigenvalue weighted by Gasteiger charge is 2.32. The van der Waals surface area contributed by atoms with Gasteiger partial charge in [0.2, 0.25) is 5.56 Å². The van der Waals surface area contributed by atoms with Gasteiger partial charge in [-0.3, -0.25) is 9.59 Å². The van der Waals surface area contributed by atoms with Gasteiger partial charge in [0.1, 0.15) is 17.7 Å². The Morgan fingerprint density at radius 3 is 2.89 bits per heavy atom. The minimum Gasteiger partial charge on any atom is -0.336 e. The van der Waals surface area contributed by atoms with E-state index >= 15 is 0 Å². The first kappa shape index (κ1) is 19.1. The third-order valence-electron chi connectivity index (χ3n) is 4.70. The van der Waals surface area contributed by atoms with Crippen molar-refractivity contribution >= 4 is 29.2 Å². The molecule has 27 heavy (non-hydrogen) atoms. The molecule has 1 saturated heterocycles. The lowest BCUT2D eigenvalue weighted by Crippen LogP contribution is -2.49. The number of imidazole rings is 1. The summed E-state index contributed by atoms with van der Waals surface area (Å²) in [4.78, 5) is 34.0. The fraction of sp³-hybridized carbons (Fsp3) is 0.278. The maximum absolute atomic E-state index is 13.7. The molecular weight excluding hydrogens is 373 g/mol. The van der Waals surface area contributed by atoms with Crippen LogP contribution in [0.2, 0.25) is 0 Å². The first-order chi connectivity index (χ1) is 12.5. The van der Waals surface area contributed by atoms with Crippen molar-refractivity contribution in [2.24, 2.45) is 7.05 Å². The number of carbonyl (C=O) groups is 1. The van der Waals surface area contributed by atoms with Crippen LogP contribution in [0.3, 0.4) is 0 Å². The van der Waals surface area contributed by atoms with Crippen molar-refractivity contribution in [1.29, 1.82) is 0 Å². The minimum atomic E-state index is -0.459. The van der Waals surface area contributed by atoms with E-state index in [0.29, 0.717) is 30.5 Å². The number of benzene rings is 1. The molecule has 142 valence electrons. The first-order valence-electron chi connectivity index (χ1n) is 8.36. The van der Waals surface area contributed by atoms with Gasteiger partial charge >= 0.3 is 0 Å². The second-order valence-electron chi connectivity index (χ2n) is 6.35. The highest BCUT2D eigenvalue weighted by atomic mass is 35.5. The van der Waals surface area contributed by atoms with Crippen molar-refractivity contribution in [3.05, 3.63) is 64.2 Å². The van der Waals surface area contributed by atoms with Crippen LogP contribution in [-0.2, 0) is 7.05 Å². The van der Waals surface area contributed by atoms with Gasteiger partial charge in [0.05, 0.1) is 5.56 Å². The molecule has 3 aromatic rings. The zero-order valence-corrected chi connectivity index (χ0v) is 15.4. The van der Waals surface area contributed by atoms with Gasteiger partial charge in [-0.1, -0.05) is 0 Å². The molecule has 0 radical (unpaired) electrons. The number of aryl methyl sites for hydroxylation is 1. The van der Waals surface area contributed by atoms with Gasteiger partial charge in [-0.15, -0.1) is 12.4 Å². The number of aromatic amines is 1. The molecule has 1 atom stereocenters. The predicted molar refractivity (Wildman–Crippen MR) is 102 cm³/mol. The quantitative estimate of drug-likeness (QED) is 0.695. The standard InChI is InChI=1S/C18H18FN5O2.ClH/c1-23-6-5-21-17(23)15-10-20-4-7-24(15)18(26)13-9-16(25)22-14-3-2-11(19)8-12(13)14;/h2-3,5-6,8-9,15,20H,4,7,10H2,1H3,(H,22,25);1H. The normalized spacial score (nSPS) is 17.0. The molecule has 4 rings (SSSR count). The van der Waals surface area contributed by atoms with E-state index < -0.39 is 11.4 Å². The lowest BCUT2D eigenvalue weighted by molar-refractivity contribution is 0.0622. The Bertz CT molecular complexity index is 1050. The van der Waals surface area contributed by atoms with E-state index in [9.17, 15) is 14.0 Å². The highest BCUT2D eigenvalue weighted by molar-refractivity contribution is 6.06. The molecule has 1 aromatic carbocycles. The number of nitrogens with one attached hydrogen (secondary N) is 2. The maximum atomic E-state index is 13.7. The second kappa shape index (κ2) is 7.50. The number of hydrogen-bond acceptors (Lipinski definition) is 4. The molecule has 7 nitrogen and oxygen atoms in total. The molecule has 1 fully saturated rings. The van der Waals surface area contributed by atoms with Crippen LogP contribution < -0.4 is 10.9 Å². The first-order valence-corrected chi connectivity index (χ1v) is 8.36. The predicted octanol–water partition coefficient (Wildman–Crippen LogP) is 1.61. The second-order valence-corrected chi connectivity index (χ2v) is 6.35. The van der Waals surface area contributed by atoms with E-state index in [1.54, 1.807) is 11.1 Å². The zero-order valence-electron chi connectivity index (χ0n) is 14.6. The summed E-state index contributed by atoms with van der Waals surface area (Å²) >= 11 is 0. The van der Waals surface area contributed by atoms with Crippen molar-refractivity contribution in [3.8, 4) is 0 Å². The van der Waals surface area contributed by atoms with Gasteiger partial charge in [0, 0.05) is 56.0 Å². The number of H-pyrrole nitrogens is 1. The van der Waals surface area contributed by atoms with Crippen LogP contribution >= 0.6 is 12.4 Å². The van der Waals surface area contributed by atoms with Crippen molar-refractivity contribution < 1.29 is 9.18 Å². The molecule has 3 heterocycles. The number of hydrogen-bond donors (Lipinski definition) is 2. The van der Waals surface area contributed by atoms with Crippen molar-refractivity contribution in [2.75, 3.05) is 19.6 Å². The van der Waals surface area contributed by atoms with Crippen LogP contribution in [0.1, 0.15) is 22.2 Å². The molecule has 1 aliphatic rings. The Kier molecular flexibility index (Phi) is 5.29. The van der Waals surface area contributed by atoms with Crippen molar-refractivity contribution in [1.82, 2.24) is 24.8 Å². The summed E-state index contributed by atoms with van der Waals surface area (Å²) in [6, 6.07) is 4.97. The van der Waals surface area contributed by atoms with Gasteiger partial charge in [-0.2, -0.15) is 0 Å². The lowest BCUT2D eigenvalue weighted by Gasteiger charge is -2.36. The lowest BCUT2D eigenvalue weighted by atomic mass is 10.1. The number of carbonyl (C=O) groups excluding carboxylic acids is 1. The van der Waals surface area contributed by atoms with Crippen LogP contribution in [0.5, 0.6) is 0 Å². The van der Waals surface area contributed by atoms with Gasteiger partial charge in [-0.25, -0.2) is 9.37 Å². The summed E-state index contributed by atoms with van der Waals surface area (Å²) in [5.41, 5.74) is 0.242. The molecule has 0 spiro atoms. The summed E-state index contributed by atoms with van der Waals surface area (Å²) in [5, 5.41) is 3.66. The largest absolute Gasteiger partial charge is 0.336 e. The van der Waals surface area contributed by atoms with Crippen LogP contribution in [0, 0.1) is 5.82 Å². The summed E-state index contributed by atoms with van der Waals surface area (Å²) in [5.74, 6) is -0.00774. The average molecular weight is 392 g/mol. The monoisotopic (exact) mass is 391 g/mol. The van der Waals surface area contributed by atoms with Crippen LogP contribution in [0.15, 0.2) is 41.5 Å². The molecular formula is C18H19ClFN5O2. The van der Waals surface area contributed by atoms with Gasteiger partial charge < -0.3 is 19.8 Å². The summed E-state index contributed by atoms with van der Waals surface area (Å²) < 4.78 is 15.6. The Morgan fingerprint density at radius 2 is 2.15 bits per heavy atom. The molecule has 1 amide bonds. The van der Waals surface area contributed by atoms with Crippen LogP contribution in [-0.4, -0.2) is 45.0 Å². The van der Waals surface area contributed by atoms with Crippen molar-refractivity contribution in [3.63, 3.8) is 0 Å². The van der Waals surface area contributed by atoms with Gasteiger partial charge in [0.25, 0.3) is 5.91 Å². The average Bonchev–Trinajstić information content (AvgIpc) is 3.06. The number of amides is 1. The molecule has 2 aromatic heterocycles. The summed E-state index contributed by atoms with van der Waals surface area (Å²) in [7, 11) is 1.87. The number of nitrogens with zero attached hydrogens (tertiary/aromatic N) is 3. The van der Waals surface area contributed by atoms with Gasteiger partial charge in [0.15, 0.2) is 0 Å². The van der Waals surface area contributed by atoms with E-state index in [1.165, 1.54) is 24.3 Å². The fourth-order valence-electron chi connectivity index (χ4n) is 3.43. The van der Waals surface area contributed by atoms with E-state index in [1.807, 2.05) is 17.8 Å². The molecule has 0 aliphatic carbocycles. The number of aromatic nitrogens is 3. The van der Waals surface area contributed by atoms with Crippen LogP contribution in [0.25, 0.3) is 10.9 Å². The van der Waals surface area contributed by atoms with E-state index in [2.05, 4.69) is 15.3 Å². The zero-order chi connectivity index (χ0) is 18.3. The number of rotatable bonds is 2. The van der Waals surface area contributed by atoms with Crippen LogP contribution in [0.4, 0.5) is 4.39 Å². The van der Waals surface area contributed by atoms with E-state index in [0.717, 1.165) is 5.82 Å². The highest BCUT2D eigenvalue weighted by Crippen LogP contribution is 2.25. The Balaban J connectivity index is 0.00000210. The summed E-state index contributed by atoms with van der Waals surface area (Å²) in [6.45, 7) is 1.67. The Labute approximate surface area is 160 Å². The maximum Gasteiger partial charge on any atom is 0.255 e. The smallest absolute Gasteiger partial charge is 0.255 e. The SMILES string of the molecule is Cl.Cn1ccnc1C1CNCCN1C(=O)c1cc(=O)[nH]c2ccc(F)cc12.